The zero-order chi connectivity index (χ0) is 20.5. The quantitative estimate of drug-likeness (QED) is 0.399. The fourth-order valence-electron chi connectivity index (χ4n) is 4.02. The van der Waals surface area contributed by atoms with E-state index in [-0.39, 0.29) is 5.56 Å². The highest BCUT2D eigenvalue weighted by Crippen LogP contribution is 2.40. The average molecular weight is 391 g/mol. The molecule has 0 aliphatic carbocycles. The van der Waals surface area contributed by atoms with Gasteiger partial charge in [0.15, 0.2) is 0 Å². The summed E-state index contributed by atoms with van der Waals surface area (Å²) in [6.45, 7) is 1.92. The van der Waals surface area contributed by atoms with Crippen molar-refractivity contribution in [3.8, 4) is 39.3 Å². The lowest BCUT2D eigenvalue weighted by molar-refractivity contribution is 1.02. The van der Waals surface area contributed by atoms with Gasteiger partial charge in [-0.3, -0.25) is 9.89 Å². The normalized spacial score (nSPS) is 11.0. The van der Waals surface area contributed by atoms with Crippen molar-refractivity contribution in [3.05, 3.63) is 113 Å². The third-order valence-electron chi connectivity index (χ3n) is 5.37. The van der Waals surface area contributed by atoms with E-state index >= 15 is 0 Å². The second kappa shape index (κ2) is 7.41. The van der Waals surface area contributed by atoms with Crippen LogP contribution in [-0.2, 0) is 0 Å². The molecule has 5 aromatic rings. The van der Waals surface area contributed by atoms with Crippen LogP contribution < -0.4 is 5.56 Å². The molecule has 4 heteroatoms. The summed E-state index contributed by atoms with van der Waals surface area (Å²) >= 11 is 0. The first-order valence-corrected chi connectivity index (χ1v) is 9.93. The first kappa shape index (κ1) is 18.0. The fourth-order valence-corrected chi connectivity index (χ4v) is 4.02. The lowest BCUT2D eigenvalue weighted by Crippen LogP contribution is -2.04. The molecule has 30 heavy (non-hydrogen) atoms. The van der Waals surface area contributed by atoms with Gasteiger partial charge in [0.2, 0.25) is 0 Å². The Kier molecular flexibility index (Phi) is 4.45. The molecule has 5 rings (SSSR count). The van der Waals surface area contributed by atoms with E-state index in [1.165, 1.54) is 0 Å². The minimum absolute atomic E-state index is 0.116. The molecule has 0 saturated heterocycles. The highest BCUT2D eigenvalue weighted by atomic mass is 16.1. The van der Waals surface area contributed by atoms with E-state index in [0.29, 0.717) is 5.56 Å². The van der Waals surface area contributed by atoms with Gasteiger partial charge >= 0.3 is 0 Å². The first-order valence-electron chi connectivity index (χ1n) is 9.93. The van der Waals surface area contributed by atoms with Crippen molar-refractivity contribution in [3.63, 3.8) is 0 Å². The van der Waals surface area contributed by atoms with Crippen molar-refractivity contribution >= 4 is 0 Å². The van der Waals surface area contributed by atoms with Crippen molar-refractivity contribution in [1.82, 2.24) is 14.8 Å². The summed E-state index contributed by atoms with van der Waals surface area (Å²) in [6.07, 6.45) is 0. The Morgan fingerprint density at radius 3 is 1.83 bits per heavy atom. The minimum Gasteiger partial charge on any atom is -0.309 e. The molecular formula is C26H21N3O. The summed E-state index contributed by atoms with van der Waals surface area (Å²) in [6, 6.07) is 32.9. The van der Waals surface area contributed by atoms with E-state index in [2.05, 4.69) is 57.2 Å². The highest BCUT2D eigenvalue weighted by molar-refractivity contribution is 5.89. The molecule has 0 amide bonds. The third-order valence-corrected chi connectivity index (χ3v) is 5.37. The highest BCUT2D eigenvalue weighted by Gasteiger charge is 2.23. The molecule has 0 aliphatic rings. The van der Waals surface area contributed by atoms with Crippen molar-refractivity contribution in [1.29, 1.82) is 0 Å². The van der Waals surface area contributed by atoms with Gasteiger partial charge in [-0.1, -0.05) is 78.9 Å². The average Bonchev–Trinajstić information content (AvgIpc) is 3.35. The Bertz CT molecular complexity index is 1340. The smallest absolute Gasteiger partial charge is 0.272 e. The van der Waals surface area contributed by atoms with Crippen molar-refractivity contribution in [2.45, 2.75) is 6.92 Å². The molecule has 0 bridgehead atoms. The van der Waals surface area contributed by atoms with Gasteiger partial charge in [-0.15, -0.1) is 0 Å². The first-order chi connectivity index (χ1) is 14.7. The number of nitrogens with zero attached hydrogens (tertiary/aromatic N) is 1. The standard InChI is InChI=1S/C26H21N3O/c1-18-24(26(30)28-27-18)22-17-23(19-11-5-2-6-12-19)29(21-15-9-4-10-16-21)25(22)20-13-7-3-8-14-20/h2-17H,1H3,(H2,27,28,30). The summed E-state index contributed by atoms with van der Waals surface area (Å²) in [4.78, 5) is 12.7. The van der Waals surface area contributed by atoms with Crippen LogP contribution in [0.25, 0.3) is 39.3 Å². The summed E-state index contributed by atoms with van der Waals surface area (Å²) in [7, 11) is 0. The minimum atomic E-state index is -0.116. The maximum absolute atomic E-state index is 12.7. The fraction of sp³-hybridized carbons (Fsp3) is 0.0385. The number of para-hydroxylation sites is 1. The molecule has 2 aromatic heterocycles. The van der Waals surface area contributed by atoms with Gasteiger partial charge in [-0.05, 0) is 36.2 Å². The molecule has 0 unspecified atom stereocenters. The van der Waals surface area contributed by atoms with Gasteiger partial charge in [0.05, 0.1) is 17.0 Å². The molecule has 0 fully saturated rings. The van der Waals surface area contributed by atoms with E-state index in [1.807, 2.05) is 61.5 Å². The largest absolute Gasteiger partial charge is 0.309 e. The number of aromatic amines is 2. The molecule has 3 aromatic carbocycles. The number of H-pyrrole nitrogens is 2. The van der Waals surface area contributed by atoms with E-state index in [4.69, 9.17) is 0 Å². The number of rotatable bonds is 4. The van der Waals surface area contributed by atoms with Crippen LogP contribution in [-0.4, -0.2) is 14.8 Å². The number of benzene rings is 3. The molecule has 2 N–H and O–H groups in total. The number of aromatic nitrogens is 3. The molecule has 146 valence electrons. The zero-order valence-electron chi connectivity index (χ0n) is 16.6. The lowest BCUT2D eigenvalue weighted by atomic mass is 10.0. The topological polar surface area (TPSA) is 53.6 Å². The second-order valence-electron chi connectivity index (χ2n) is 7.27. The van der Waals surface area contributed by atoms with Crippen molar-refractivity contribution in [2.24, 2.45) is 0 Å². The van der Waals surface area contributed by atoms with Gasteiger partial charge in [0, 0.05) is 16.9 Å². The predicted molar refractivity (Wildman–Crippen MR) is 122 cm³/mol. The van der Waals surface area contributed by atoms with Crippen LogP contribution in [0.15, 0.2) is 102 Å². The van der Waals surface area contributed by atoms with E-state index < -0.39 is 0 Å². The van der Waals surface area contributed by atoms with Crippen molar-refractivity contribution in [2.75, 3.05) is 0 Å². The number of nitrogens with one attached hydrogen (secondary N) is 2. The Hall–Kier alpha value is -4.05. The van der Waals surface area contributed by atoms with Gasteiger partial charge < -0.3 is 9.67 Å². The number of hydrogen-bond acceptors (Lipinski definition) is 1. The van der Waals surface area contributed by atoms with E-state index in [9.17, 15) is 4.79 Å². The Morgan fingerprint density at radius 1 is 0.700 bits per heavy atom. The molecule has 4 nitrogen and oxygen atoms in total. The van der Waals surface area contributed by atoms with Crippen LogP contribution >= 0.6 is 0 Å². The Balaban J connectivity index is 1.93. The maximum Gasteiger partial charge on any atom is 0.272 e. The molecule has 2 heterocycles. The molecule has 0 spiro atoms. The van der Waals surface area contributed by atoms with Gasteiger partial charge in [0.25, 0.3) is 5.56 Å². The van der Waals surface area contributed by atoms with Crippen molar-refractivity contribution < 1.29 is 0 Å². The van der Waals surface area contributed by atoms with Gasteiger partial charge in [0.1, 0.15) is 0 Å². The summed E-state index contributed by atoms with van der Waals surface area (Å²) in [5, 5.41) is 5.71. The molecule has 0 atom stereocenters. The molecular weight excluding hydrogens is 370 g/mol. The summed E-state index contributed by atoms with van der Waals surface area (Å²) in [5.74, 6) is 0. The van der Waals surface area contributed by atoms with Gasteiger partial charge in [-0.25, -0.2) is 0 Å². The monoisotopic (exact) mass is 391 g/mol. The maximum atomic E-state index is 12.7. The molecule has 0 saturated carbocycles. The van der Waals surface area contributed by atoms with Crippen LogP contribution in [0.2, 0.25) is 0 Å². The number of hydrogen-bond donors (Lipinski definition) is 2. The summed E-state index contributed by atoms with van der Waals surface area (Å²) < 4.78 is 2.24. The Labute approximate surface area is 174 Å². The second-order valence-corrected chi connectivity index (χ2v) is 7.27. The predicted octanol–water partition coefficient (Wildman–Crippen LogP) is 5.80. The van der Waals surface area contributed by atoms with Crippen LogP contribution in [0.5, 0.6) is 0 Å². The van der Waals surface area contributed by atoms with E-state index in [1.54, 1.807) is 0 Å². The molecule has 0 aliphatic heterocycles. The van der Waals surface area contributed by atoms with Crippen LogP contribution in [0.4, 0.5) is 0 Å². The SMILES string of the molecule is Cc1[nH][nH]c(=O)c1-c1cc(-c2ccccc2)n(-c2ccccc2)c1-c1ccccc1. The van der Waals surface area contributed by atoms with Crippen LogP contribution in [0, 0.1) is 6.92 Å². The molecule has 0 radical (unpaired) electrons. The van der Waals surface area contributed by atoms with Crippen LogP contribution in [0.3, 0.4) is 0 Å². The van der Waals surface area contributed by atoms with E-state index in [0.717, 1.165) is 39.5 Å². The Morgan fingerprint density at radius 2 is 1.27 bits per heavy atom. The zero-order valence-corrected chi connectivity index (χ0v) is 16.6. The number of aryl methyl sites for hydroxylation is 1. The van der Waals surface area contributed by atoms with Crippen LogP contribution in [0.1, 0.15) is 5.69 Å². The lowest BCUT2D eigenvalue weighted by Gasteiger charge is -2.15. The third kappa shape index (κ3) is 2.99. The van der Waals surface area contributed by atoms with Gasteiger partial charge in [-0.2, -0.15) is 0 Å². The summed E-state index contributed by atoms with van der Waals surface area (Å²) in [5.41, 5.74) is 7.50.